The van der Waals surface area contributed by atoms with Crippen LogP contribution < -0.4 is 0 Å². The number of ether oxygens (including phenoxy) is 2. The van der Waals surface area contributed by atoms with Gasteiger partial charge in [-0.05, 0) is 36.6 Å². The zero-order valence-corrected chi connectivity index (χ0v) is 17.3. The number of pyridine rings is 2. The molecule has 0 bridgehead atoms. The third-order valence-electron chi connectivity index (χ3n) is 3.84. The van der Waals surface area contributed by atoms with Crippen LogP contribution in [0.3, 0.4) is 0 Å². The highest BCUT2D eigenvalue weighted by Gasteiger charge is 2.13. The molecule has 0 spiro atoms. The molecule has 0 saturated heterocycles. The van der Waals surface area contributed by atoms with Crippen molar-refractivity contribution in [1.82, 2.24) is 14.9 Å². The second-order valence-electron chi connectivity index (χ2n) is 6.75. The molecule has 0 aliphatic rings. The first-order chi connectivity index (χ1) is 13.2. The molecular formula is C22H35N3O2. The van der Waals surface area contributed by atoms with Crippen LogP contribution in [0.15, 0.2) is 48.8 Å². The predicted molar refractivity (Wildman–Crippen MR) is 110 cm³/mol. The lowest BCUT2D eigenvalue weighted by atomic mass is 10.1. The number of hydrogen-bond acceptors (Lipinski definition) is 5. The van der Waals surface area contributed by atoms with Crippen LogP contribution in [0.1, 0.15) is 38.1 Å². The fraction of sp³-hybridized carbons (Fsp3) is 0.545. The predicted octanol–water partition coefficient (Wildman–Crippen LogP) is 4.19. The number of rotatable bonds is 11. The Balaban J connectivity index is 0.00000114. The Morgan fingerprint density at radius 1 is 0.963 bits per heavy atom. The van der Waals surface area contributed by atoms with Crippen molar-refractivity contribution in [2.75, 3.05) is 34.0 Å². The van der Waals surface area contributed by atoms with Gasteiger partial charge in [0.05, 0.1) is 18.0 Å². The van der Waals surface area contributed by atoms with Crippen LogP contribution in [0.5, 0.6) is 0 Å². The van der Waals surface area contributed by atoms with E-state index >= 15 is 0 Å². The minimum Gasteiger partial charge on any atom is -0.388 e. The summed E-state index contributed by atoms with van der Waals surface area (Å²) >= 11 is 0. The molecule has 5 heteroatoms. The molecular weight excluding hydrogens is 338 g/mol. The first kappa shape index (κ1) is 23.2. The molecule has 0 aliphatic carbocycles. The maximum absolute atomic E-state index is 5.78. The van der Waals surface area contributed by atoms with Crippen molar-refractivity contribution in [1.29, 1.82) is 0 Å². The molecule has 2 aromatic heterocycles. The van der Waals surface area contributed by atoms with E-state index in [4.69, 9.17) is 4.74 Å². The zero-order chi connectivity index (χ0) is 19.7. The molecule has 0 aliphatic heterocycles. The van der Waals surface area contributed by atoms with Crippen LogP contribution in [0.2, 0.25) is 0 Å². The first-order valence-corrected chi connectivity index (χ1v) is 9.69. The largest absolute Gasteiger partial charge is 0.388 e. The summed E-state index contributed by atoms with van der Waals surface area (Å²) in [5, 5.41) is 0. The van der Waals surface area contributed by atoms with Crippen LogP contribution in [0, 0.1) is 5.92 Å². The molecule has 5 nitrogen and oxygen atoms in total. The lowest BCUT2D eigenvalue weighted by Crippen LogP contribution is -2.30. The molecule has 0 fully saturated rings. The van der Waals surface area contributed by atoms with Gasteiger partial charge >= 0.3 is 0 Å². The van der Waals surface area contributed by atoms with E-state index in [1.165, 1.54) is 6.42 Å². The van der Waals surface area contributed by atoms with Gasteiger partial charge in [0.1, 0.15) is 0 Å². The average Bonchev–Trinajstić information content (AvgIpc) is 2.67. The third-order valence-corrected chi connectivity index (χ3v) is 3.84. The van der Waals surface area contributed by atoms with E-state index in [2.05, 4.69) is 45.6 Å². The van der Waals surface area contributed by atoms with Crippen molar-refractivity contribution in [2.24, 2.45) is 5.92 Å². The molecule has 2 heterocycles. The quantitative estimate of drug-likeness (QED) is 0.553. The molecule has 0 radical (unpaired) electrons. The summed E-state index contributed by atoms with van der Waals surface area (Å²) in [4.78, 5) is 11.3. The fourth-order valence-corrected chi connectivity index (χ4v) is 2.65. The zero-order valence-electron chi connectivity index (χ0n) is 17.3. The van der Waals surface area contributed by atoms with Crippen molar-refractivity contribution < 1.29 is 9.47 Å². The maximum atomic E-state index is 5.78. The van der Waals surface area contributed by atoms with Gasteiger partial charge < -0.3 is 9.47 Å². The van der Waals surface area contributed by atoms with Gasteiger partial charge in [0.25, 0.3) is 0 Å². The van der Waals surface area contributed by atoms with Gasteiger partial charge in [0.2, 0.25) is 0 Å². The van der Waals surface area contributed by atoms with Crippen LogP contribution in [-0.2, 0) is 22.6 Å². The molecule has 150 valence electrons. The summed E-state index contributed by atoms with van der Waals surface area (Å²) in [6.07, 6.45) is 6.02. The van der Waals surface area contributed by atoms with Crippen molar-refractivity contribution in [3.63, 3.8) is 0 Å². The summed E-state index contributed by atoms with van der Waals surface area (Å²) in [6.45, 7) is 8.74. The lowest BCUT2D eigenvalue weighted by Gasteiger charge is -2.25. The normalized spacial score (nSPS) is 11.7. The second kappa shape index (κ2) is 15.3. The summed E-state index contributed by atoms with van der Waals surface area (Å²) in [7, 11) is 3.25. The van der Waals surface area contributed by atoms with E-state index in [1.807, 2.05) is 36.7 Å². The van der Waals surface area contributed by atoms with Crippen molar-refractivity contribution in [3.05, 3.63) is 60.2 Å². The first-order valence-electron chi connectivity index (χ1n) is 9.69. The van der Waals surface area contributed by atoms with E-state index in [0.29, 0.717) is 5.92 Å². The summed E-state index contributed by atoms with van der Waals surface area (Å²) in [5.41, 5.74) is 2.18. The van der Waals surface area contributed by atoms with Gasteiger partial charge in [-0.25, -0.2) is 0 Å². The summed E-state index contributed by atoms with van der Waals surface area (Å²) in [6, 6.07) is 12.1. The van der Waals surface area contributed by atoms with Crippen molar-refractivity contribution >= 4 is 0 Å². The molecule has 0 saturated carbocycles. The Bertz CT molecular complexity index is 525. The Morgan fingerprint density at radius 3 is 1.96 bits per heavy atom. The van der Waals surface area contributed by atoms with Crippen LogP contribution in [0.4, 0.5) is 0 Å². The molecule has 1 unspecified atom stereocenters. The number of aromatic nitrogens is 2. The maximum Gasteiger partial charge on any atom is 0.0544 e. The Labute approximate surface area is 164 Å². The topological polar surface area (TPSA) is 47.5 Å². The van der Waals surface area contributed by atoms with E-state index in [1.54, 1.807) is 14.2 Å². The smallest absolute Gasteiger partial charge is 0.0544 e. The number of hydrogen-bond donors (Lipinski definition) is 0. The minimum absolute atomic E-state index is 0.481. The van der Waals surface area contributed by atoms with Gasteiger partial charge in [-0.1, -0.05) is 32.4 Å². The molecule has 27 heavy (non-hydrogen) atoms. The Kier molecular flexibility index (Phi) is 13.1. The van der Waals surface area contributed by atoms with E-state index < -0.39 is 0 Å². The molecule has 1 atom stereocenters. The second-order valence-corrected chi connectivity index (χ2v) is 6.75. The molecule has 0 N–H and O–H groups in total. The van der Waals surface area contributed by atoms with Crippen LogP contribution in [-0.4, -0.2) is 48.8 Å². The van der Waals surface area contributed by atoms with Gasteiger partial charge in [0, 0.05) is 52.9 Å². The van der Waals surface area contributed by atoms with Crippen LogP contribution >= 0.6 is 0 Å². The van der Waals surface area contributed by atoms with E-state index in [-0.39, 0.29) is 0 Å². The highest BCUT2D eigenvalue weighted by atomic mass is 16.5. The lowest BCUT2D eigenvalue weighted by molar-refractivity contribution is 0.0820. The van der Waals surface area contributed by atoms with Crippen LogP contribution in [0.25, 0.3) is 0 Å². The van der Waals surface area contributed by atoms with Crippen molar-refractivity contribution in [2.45, 2.75) is 39.8 Å². The minimum atomic E-state index is 0.481. The number of nitrogens with zero attached hydrogens (tertiary/aromatic N) is 3. The SMILES string of the molecule is CCCCOCC(C)CN(Cc1ccccn1)Cc1ccccn1.COC. The van der Waals surface area contributed by atoms with Crippen molar-refractivity contribution in [3.8, 4) is 0 Å². The standard InChI is InChI=1S/C20H29N3O.C2H6O/c1-3-4-13-24-17-18(2)14-23(15-19-9-5-7-11-21-19)16-20-10-6-8-12-22-20;1-3-2/h5-12,18H,3-4,13-17H2,1-2H3;1-2H3. The average molecular weight is 374 g/mol. The molecule has 2 rings (SSSR count). The highest BCUT2D eigenvalue weighted by Crippen LogP contribution is 2.10. The highest BCUT2D eigenvalue weighted by molar-refractivity contribution is 5.06. The van der Waals surface area contributed by atoms with E-state index in [0.717, 1.165) is 50.7 Å². The van der Waals surface area contributed by atoms with Gasteiger partial charge in [-0.2, -0.15) is 0 Å². The summed E-state index contributed by atoms with van der Waals surface area (Å²) < 4.78 is 10.0. The van der Waals surface area contributed by atoms with Gasteiger partial charge in [-0.3, -0.25) is 14.9 Å². The van der Waals surface area contributed by atoms with Gasteiger partial charge in [0.15, 0.2) is 0 Å². The molecule has 0 aromatic carbocycles. The molecule has 0 amide bonds. The number of methoxy groups -OCH3 is 1. The molecule has 2 aromatic rings. The van der Waals surface area contributed by atoms with Gasteiger partial charge in [-0.15, -0.1) is 0 Å². The summed E-state index contributed by atoms with van der Waals surface area (Å²) in [5.74, 6) is 0.481. The Morgan fingerprint density at radius 2 is 1.52 bits per heavy atom. The third kappa shape index (κ3) is 11.5. The Hall–Kier alpha value is -1.82. The number of unbranched alkanes of at least 4 members (excludes halogenated alkanes) is 1. The fourth-order valence-electron chi connectivity index (χ4n) is 2.65. The van der Waals surface area contributed by atoms with E-state index in [9.17, 15) is 0 Å². The monoisotopic (exact) mass is 373 g/mol.